The summed E-state index contributed by atoms with van der Waals surface area (Å²) in [6, 6.07) is 15.3. The van der Waals surface area contributed by atoms with Crippen molar-refractivity contribution in [2.45, 2.75) is 65.0 Å². The lowest BCUT2D eigenvalue weighted by Crippen LogP contribution is -2.39. The normalized spacial score (nSPS) is 22.1. The van der Waals surface area contributed by atoms with Gasteiger partial charge in [-0.25, -0.2) is 0 Å². The van der Waals surface area contributed by atoms with Crippen LogP contribution in [0.5, 0.6) is 5.75 Å². The molecule has 216 valence electrons. The van der Waals surface area contributed by atoms with Gasteiger partial charge in [-0.05, 0) is 66.1 Å². The highest BCUT2D eigenvalue weighted by molar-refractivity contribution is 7.09. The number of phenolic OH excluding ortho intramolecular Hbond substituents is 1. The Bertz CT molecular complexity index is 1470. The molecule has 2 aliphatic rings. The van der Waals surface area contributed by atoms with E-state index in [1.54, 1.807) is 6.07 Å². The summed E-state index contributed by atoms with van der Waals surface area (Å²) in [5, 5.41) is 36.1. The number of likely N-dealkylation sites (tertiary alicyclic amines) is 1. The summed E-state index contributed by atoms with van der Waals surface area (Å²) in [5.41, 5.74) is 3.97. The highest BCUT2D eigenvalue weighted by atomic mass is 32.1. The van der Waals surface area contributed by atoms with E-state index in [1.807, 2.05) is 54.8 Å². The lowest BCUT2D eigenvalue weighted by molar-refractivity contribution is -0.140. The quantitative estimate of drug-likeness (QED) is 0.181. The number of rotatable bonds is 11. The van der Waals surface area contributed by atoms with Crippen LogP contribution in [0, 0.1) is 17.8 Å². The van der Waals surface area contributed by atoms with Gasteiger partial charge in [0.15, 0.2) is 0 Å². The van der Waals surface area contributed by atoms with Crippen LogP contribution in [0.25, 0.3) is 16.8 Å². The SMILES string of the molecule is CCC/C(=C\c1ccc(O)c2ccccc12)CC[C@@H](O)C1=C(CC)C[C@H]2C(=O)N(Cc3cccs3)C(=O)[C@H]2[C@H]1CO. The third-order valence-electron chi connectivity index (χ3n) is 8.76. The monoisotopic (exact) mass is 573 g/mol. The largest absolute Gasteiger partial charge is 0.507 e. The van der Waals surface area contributed by atoms with Crippen molar-refractivity contribution in [3.63, 3.8) is 0 Å². The fourth-order valence-corrected chi connectivity index (χ4v) is 7.49. The van der Waals surface area contributed by atoms with E-state index >= 15 is 0 Å². The Hall–Kier alpha value is -3.26. The van der Waals surface area contributed by atoms with Crippen LogP contribution >= 0.6 is 11.3 Å². The van der Waals surface area contributed by atoms with E-state index in [0.29, 0.717) is 25.7 Å². The van der Waals surface area contributed by atoms with Crippen LogP contribution in [-0.2, 0) is 16.1 Å². The zero-order valence-electron chi connectivity index (χ0n) is 23.8. The summed E-state index contributed by atoms with van der Waals surface area (Å²) < 4.78 is 0. The van der Waals surface area contributed by atoms with Gasteiger partial charge in [0.1, 0.15) is 5.75 Å². The Morgan fingerprint density at radius 1 is 1.05 bits per heavy atom. The number of imide groups is 1. The first-order chi connectivity index (χ1) is 19.9. The summed E-state index contributed by atoms with van der Waals surface area (Å²) >= 11 is 1.52. The Morgan fingerprint density at radius 3 is 2.51 bits per heavy atom. The average molecular weight is 574 g/mol. The van der Waals surface area contributed by atoms with Crippen molar-refractivity contribution in [2.75, 3.05) is 6.61 Å². The molecule has 3 N–H and O–H groups in total. The second-order valence-corrected chi connectivity index (χ2v) is 12.2. The van der Waals surface area contributed by atoms with Gasteiger partial charge in [-0.2, -0.15) is 0 Å². The number of aliphatic hydroxyl groups excluding tert-OH is 2. The number of allylic oxidation sites excluding steroid dienone is 2. The number of aromatic hydroxyl groups is 1. The zero-order chi connectivity index (χ0) is 29.1. The number of amides is 2. The standard InChI is InChI=1S/C34H39NO5S/c1-3-8-21(17-23-13-15-29(37)26-11-6-5-10-25(23)26)12-14-30(38)31-22(4-2)18-27-32(28(31)20-36)34(40)35(33(27)39)19-24-9-7-16-41-24/h5-7,9-11,13,15-17,27-28,30,32,36-38H,3-4,8,12,14,18-20H2,1-2H3/b21-17+/t27-,28+,30-,32-/m1/s1. The molecule has 2 amide bonds. The predicted octanol–water partition coefficient (Wildman–Crippen LogP) is 6.45. The Labute approximate surface area is 245 Å². The summed E-state index contributed by atoms with van der Waals surface area (Å²) in [7, 11) is 0. The Morgan fingerprint density at radius 2 is 1.83 bits per heavy atom. The summed E-state index contributed by atoms with van der Waals surface area (Å²) in [4.78, 5) is 29.2. The Balaban J connectivity index is 1.38. The van der Waals surface area contributed by atoms with Crippen LogP contribution < -0.4 is 0 Å². The Kier molecular flexibility index (Phi) is 9.07. The minimum absolute atomic E-state index is 0.166. The molecule has 2 aromatic carbocycles. The molecular weight excluding hydrogens is 534 g/mol. The molecule has 1 aromatic heterocycles. The predicted molar refractivity (Wildman–Crippen MR) is 163 cm³/mol. The van der Waals surface area contributed by atoms with Crippen LogP contribution in [0.1, 0.15) is 62.8 Å². The van der Waals surface area contributed by atoms with Gasteiger partial charge in [0.2, 0.25) is 11.8 Å². The number of fused-ring (bicyclic) bond motifs is 2. The van der Waals surface area contributed by atoms with E-state index in [2.05, 4.69) is 13.0 Å². The van der Waals surface area contributed by atoms with Crippen molar-refractivity contribution in [1.82, 2.24) is 4.90 Å². The lowest BCUT2D eigenvalue weighted by atomic mass is 9.67. The number of hydrogen-bond acceptors (Lipinski definition) is 6. The van der Waals surface area contributed by atoms with E-state index in [1.165, 1.54) is 21.8 Å². The molecule has 4 atom stereocenters. The molecule has 1 aliphatic heterocycles. The molecule has 3 aromatic rings. The molecule has 41 heavy (non-hydrogen) atoms. The second-order valence-electron chi connectivity index (χ2n) is 11.2. The van der Waals surface area contributed by atoms with Crippen molar-refractivity contribution in [3.8, 4) is 5.75 Å². The van der Waals surface area contributed by atoms with Crippen molar-refractivity contribution in [2.24, 2.45) is 17.8 Å². The summed E-state index contributed by atoms with van der Waals surface area (Å²) in [6.07, 6.45) is 5.43. The minimum atomic E-state index is -0.811. The van der Waals surface area contributed by atoms with Crippen LogP contribution in [0.15, 0.2) is 70.6 Å². The molecule has 0 saturated carbocycles. The lowest BCUT2D eigenvalue weighted by Gasteiger charge is -2.36. The first-order valence-electron chi connectivity index (χ1n) is 14.7. The van der Waals surface area contributed by atoms with Gasteiger partial charge in [0.25, 0.3) is 0 Å². The summed E-state index contributed by atoms with van der Waals surface area (Å²) in [6.45, 7) is 4.13. The van der Waals surface area contributed by atoms with Crippen molar-refractivity contribution < 1.29 is 24.9 Å². The van der Waals surface area contributed by atoms with E-state index < -0.39 is 23.9 Å². The fraction of sp³-hybridized carbons (Fsp3) is 0.412. The van der Waals surface area contributed by atoms with Gasteiger partial charge in [-0.15, -0.1) is 11.3 Å². The first-order valence-corrected chi connectivity index (χ1v) is 15.5. The van der Waals surface area contributed by atoms with Gasteiger partial charge in [0.05, 0.1) is 31.1 Å². The number of hydrogen-bond donors (Lipinski definition) is 3. The van der Waals surface area contributed by atoms with Gasteiger partial charge in [-0.1, -0.05) is 73.9 Å². The van der Waals surface area contributed by atoms with Crippen molar-refractivity contribution in [3.05, 3.63) is 81.1 Å². The van der Waals surface area contributed by atoms with Crippen LogP contribution in [0.2, 0.25) is 0 Å². The van der Waals surface area contributed by atoms with Crippen LogP contribution in [-0.4, -0.2) is 44.7 Å². The molecule has 7 heteroatoms. The van der Waals surface area contributed by atoms with Gasteiger partial charge >= 0.3 is 0 Å². The number of aliphatic hydroxyl groups is 2. The second kappa shape index (κ2) is 12.7. The minimum Gasteiger partial charge on any atom is -0.507 e. The maximum Gasteiger partial charge on any atom is 0.234 e. The molecule has 2 heterocycles. The maximum atomic E-state index is 13.6. The third-order valence-corrected chi connectivity index (χ3v) is 9.62. The van der Waals surface area contributed by atoms with Gasteiger partial charge in [0, 0.05) is 16.2 Å². The molecule has 0 radical (unpaired) electrons. The number of nitrogens with zero attached hydrogens (tertiary/aromatic N) is 1. The van der Waals surface area contributed by atoms with Crippen LogP contribution in [0.3, 0.4) is 0 Å². The van der Waals surface area contributed by atoms with Crippen molar-refractivity contribution >= 4 is 40.0 Å². The van der Waals surface area contributed by atoms with E-state index in [-0.39, 0.29) is 30.7 Å². The van der Waals surface area contributed by atoms with Gasteiger partial charge < -0.3 is 15.3 Å². The molecule has 6 nitrogen and oxygen atoms in total. The number of carbonyl (C=O) groups is 2. The molecule has 1 saturated heterocycles. The summed E-state index contributed by atoms with van der Waals surface area (Å²) in [5.74, 6) is -1.84. The highest BCUT2D eigenvalue weighted by Gasteiger charge is 2.54. The topological polar surface area (TPSA) is 98.1 Å². The number of carbonyl (C=O) groups excluding carboxylic acids is 2. The molecule has 1 aliphatic carbocycles. The molecule has 0 bridgehead atoms. The highest BCUT2D eigenvalue weighted by Crippen LogP contribution is 2.47. The number of thiophene rings is 1. The first kappa shape index (κ1) is 29.2. The molecular formula is C34H39NO5S. The zero-order valence-corrected chi connectivity index (χ0v) is 24.6. The maximum absolute atomic E-state index is 13.6. The molecule has 1 fully saturated rings. The average Bonchev–Trinajstić information content (AvgIpc) is 3.59. The van der Waals surface area contributed by atoms with E-state index in [0.717, 1.165) is 45.2 Å². The van der Waals surface area contributed by atoms with Gasteiger partial charge in [-0.3, -0.25) is 14.5 Å². The third kappa shape index (κ3) is 5.76. The smallest absolute Gasteiger partial charge is 0.234 e. The number of phenols is 1. The number of benzene rings is 2. The van der Waals surface area contributed by atoms with E-state index in [4.69, 9.17) is 0 Å². The van der Waals surface area contributed by atoms with Crippen molar-refractivity contribution in [1.29, 1.82) is 0 Å². The molecule has 0 spiro atoms. The molecule has 5 rings (SSSR count). The van der Waals surface area contributed by atoms with E-state index in [9.17, 15) is 24.9 Å². The van der Waals surface area contributed by atoms with Crippen LogP contribution in [0.4, 0.5) is 0 Å². The fourth-order valence-electron chi connectivity index (χ4n) is 6.80. The molecule has 0 unspecified atom stereocenters.